The van der Waals surface area contributed by atoms with Crippen molar-refractivity contribution in [1.82, 2.24) is 0 Å². The topological polar surface area (TPSA) is 0 Å². The standard InChI is InChI=1S/C34H44S4/c1-11-21-16-25(35-20-21)32(7,8)30-27-24(18-23(36-27)19-34(13-3)14-15-34)29(38-30)33(9,10)26-17-22(12-2)28(37-26)31(4,5)6/h13,16-18,20H,3,11-12,14-15,19H2,1-2,4-10H3. The van der Waals surface area contributed by atoms with Gasteiger partial charge in [0.15, 0.2) is 0 Å². The molecular formula is C34H44S4. The summed E-state index contributed by atoms with van der Waals surface area (Å²) < 4.78 is 1.52. The number of aryl methyl sites for hydroxylation is 2. The molecule has 1 saturated carbocycles. The second-order valence-corrected chi connectivity index (χ2v) is 17.6. The minimum atomic E-state index is -0.0343. The van der Waals surface area contributed by atoms with Gasteiger partial charge in [0.1, 0.15) is 0 Å². The van der Waals surface area contributed by atoms with Crippen LogP contribution in [-0.4, -0.2) is 0 Å². The van der Waals surface area contributed by atoms with Gasteiger partial charge in [-0.05, 0) is 77.6 Å². The van der Waals surface area contributed by atoms with Crippen LogP contribution in [0.15, 0.2) is 36.2 Å². The number of hydrogen-bond donors (Lipinski definition) is 0. The summed E-state index contributed by atoms with van der Waals surface area (Å²) in [5.41, 5.74) is 3.46. The molecule has 0 saturated heterocycles. The fourth-order valence-electron chi connectivity index (χ4n) is 5.65. The Kier molecular flexibility index (Phi) is 7.24. The van der Waals surface area contributed by atoms with E-state index in [1.807, 2.05) is 11.3 Å². The number of thiophene rings is 4. The zero-order valence-electron chi connectivity index (χ0n) is 24.8. The van der Waals surface area contributed by atoms with Crippen molar-refractivity contribution in [3.8, 4) is 0 Å². The van der Waals surface area contributed by atoms with E-state index >= 15 is 0 Å². The Morgan fingerprint density at radius 1 is 0.816 bits per heavy atom. The van der Waals surface area contributed by atoms with Gasteiger partial charge in [0, 0.05) is 50.2 Å². The third-order valence-electron chi connectivity index (χ3n) is 8.59. The van der Waals surface area contributed by atoms with Gasteiger partial charge in [-0.2, -0.15) is 0 Å². The van der Waals surface area contributed by atoms with E-state index < -0.39 is 0 Å². The fourth-order valence-corrected chi connectivity index (χ4v) is 11.5. The van der Waals surface area contributed by atoms with Crippen LogP contribution < -0.4 is 0 Å². The summed E-state index contributed by atoms with van der Waals surface area (Å²) in [6, 6.07) is 7.54. The summed E-state index contributed by atoms with van der Waals surface area (Å²) in [7, 11) is 0. The summed E-state index contributed by atoms with van der Waals surface area (Å²) in [4.78, 5) is 9.16. The Bertz CT molecular complexity index is 1470. The van der Waals surface area contributed by atoms with E-state index in [9.17, 15) is 0 Å². The lowest BCUT2D eigenvalue weighted by Crippen LogP contribution is -2.17. The van der Waals surface area contributed by atoms with Crippen molar-refractivity contribution in [2.24, 2.45) is 5.41 Å². The van der Waals surface area contributed by atoms with Gasteiger partial charge in [0.05, 0.1) is 0 Å². The van der Waals surface area contributed by atoms with Crippen LogP contribution in [0.3, 0.4) is 0 Å². The SMILES string of the molecule is C=CC1(Cc2cc3c(C(C)(C)c4cc(CC)c(C(C)(C)C)s4)sc(C(C)(C)c4cc(CC)cs4)c3s2)CC1. The van der Waals surface area contributed by atoms with Gasteiger partial charge < -0.3 is 0 Å². The Balaban J connectivity index is 1.69. The maximum absolute atomic E-state index is 4.18. The largest absolute Gasteiger partial charge is 0.148 e. The van der Waals surface area contributed by atoms with Crippen LogP contribution in [0.4, 0.5) is 0 Å². The van der Waals surface area contributed by atoms with Crippen molar-refractivity contribution >= 4 is 55.4 Å². The molecule has 4 aromatic heterocycles. The first-order valence-electron chi connectivity index (χ1n) is 14.2. The molecule has 204 valence electrons. The normalized spacial score (nSPS) is 15.9. The Morgan fingerprint density at radius 3 is 2.03 bits per heavy atom. The van der Waals surface area contributed by atoms with E-state index in [0.29, 0.717) is 5.41 Å². The van der Waals surface area contributed by atoms with Crippen LogP contribution in [0.2, 0.25) is 0 Å². The highest BCUT2D eigenvalue weighted by Gasteiger charge is 2.41. The lowest BCUT2D eigenvalue weighted by Gasteiger charge is -2.25. The third kappa shape index (κ3) is 4.82. The van der Waals surface area contributed by atoms with Crippen LogP contribution in [0.25, 0.3) is 10.1 Å². The second kappa shape index (κ2) is 9.72. The minimum Gasteiger partial charge on any atom is -0.148 e. The Labute approximate surface area is 246 Å². The first-order valence-corrected chi connectivity index (χ1v) is 17.5. The molecule has 0 amide bonds. The van der Waals surface area contributed by atoms with Crippen LogP contribution in [-0.2, 0) is 35.5 Å². The molecular weight excluding hydrogens is 537 g/mol. The van der Waals surface area contributed by atoms with Gasteiger partial charge >= 0.3 is 0 Å². The molecule has 4 heteroatoms. The zero-order valence-corrected chi connectivity index (χ0v) is 28.0. The smallest absolute Gasteiger partial charge is 0.0497 e. The van der Waals surface area contributed by atoms with Crippen LogP contribution in [0, 0.1) is 5.41 Å². The van der Waals surface area contributed by atoms with Crippen LogP contribution in [0.5, 0.6) is 0 Å². The molecule has 0 nitrogen and oxygen atoms in total. The van der Waals surface area contributed by atoms with E-state index in [0.717, 1.165) is 19.3 Å². The van der Waals surface area contributed by atoms with E-state index in [1.165, 1.54) is 53.6 Å². The van der Waals surface area contributed by atoms with Crippen molar-refractivity contribution in [2.75, 3.05) is 0 Å². The summed E-state index contributed by atoms with van der Waals surface area (Å²) in [5.74, 6) is 0. The van der Waals surface area contributed by atoms with Crippen molar-refractivity contribution in [3.05, 3.63) is 76.6 Å². The molecule has 0 unspecified atom stereocenters. The Morgan fingerprint density at radius 2 is 1.50 bits per heavy atom. The number of hydrogen-bond acceptors (Lipinski definition) is 4. The lowest BCUT2D eigenvalue weighted by molar-refractivity contribution is 0.598. The monoisotopic (exact) mass is 580 g/mol. The molecule has 1 fully saturated rings. The highest BCUT2D eigenvalue weighted by molar-refractivity contribution is 7.25. The fraction of sp³-hybridized carbons (Fsp3) is 0.529. The van der Waals surface area contributed by atoms with Gasteiger partial charge in [-0.1, -0.05) is 68.4 Å². The van der Waals surface area contributed by atoms with Crippen molar-refractivity contribution in [1.29, 1.82) is 0 Å². The summed E-state index contributed by atoms with van der Waals surface area (Å²) in [6.07, 6.45) is 8.15. The summed E-state index contributed by atoms with van der Waals surface area (Å²) in [5, 5.41) is 3.86. The molecule has 4 aromatic rings. The summed E-state index contributed by atoms with van der Waals surface area (Å²) in [6.45, 7) is 25.7. The predicted molar refractivity (Wildman–Crippen MR) is 176 cm³/mol. The van der Waals surface area contributed by atoms with Crippen LogP contribution in [0.1, 0.15) is 116 Å². The maximum Gasteiger partial charge on any atom is 0.0497 e. The van der Waals surface area contributed by atoms with Gasteiger partial charge in [0.25, 0.3) is 0 Å². The van der Waals surface area contributed by atoms with Gasteiger partial charge in [-0.15, -0.1) is 51.9 Å². The molecule has 38 heavy (non-hydrogen) atoms. The summed E-state index contributed by atoms with van der Waals surface area (Å²) >= 11 is 8.13. The number of allylic oxidation sites excluding steroid dienone is 1. The predicted octanol–water partition coefficient (Wildman–Crippen LogP) is 11.7. The molecule has 0 spiro atoms. The molecule has 4 heterocycles. The van der Waals surface area contributed by atoms with Gasteiger partial charge in [0.2, 0.25) is 0 Å². The third-order valence-corrected chi connectivity index (χ3v) is 15.0. The maximum atomic E-state index is 4.18. The molecule has 1 aliphatic carbocycles. The first-order chi connectivity index (χ1) is 17.8. The molecule has 0 N–H and O–H groups in total. The molecule has 0 aromatic carbocycles. The number of fused-ring (bicyclic) bond motifs is 1. The highest BCUT2D eigenvalue weighted by Crippen LogP contribution is 2.55. The van der Waals surface area contributed by atoms with E-state index in [1.54, 1.807) is 9.75 Å². The van der Waals surface area contributed by atoms with Crippen molar-refractivity contribution in [2.45, 2.75) is 111 Å². The zero-order chi connectivity index (χ0) is 27.7. The molecule has 0 atom stereocenters. The highest BCUT2D eigenvalue weighted by atomic mass is 32.1. The van der Waals surface area contributed by atoms with E-state index in [2.05, 4.69) is 133 Å². The minimum absolute atomic E-state index is 0.00619. The molecule has 0 radical (unpaired) electrons. The van der Waals surface area contributed by atoms with Gasteiger partial charge in [-0.25, -0.2) is 0 Å². The van der Waals surface area contributed by atoms with Crippen LogP contribution >= 0.6 is 45.3 Å². The molecule has 0 bridgehead atoms. The molecule has 0 aliphatic heterocycles. The van der Waals surface area contributed by atoms with Gasteiger partial charge in [-0.3, -0.25) is 0 Å². The van der Waals surface area contributed by atoms with E-state index in [-0.39, 0.29) is 16.2 Å². The Hall–Kier alpha value is -1.20. The van der Waals surface area contributed by atoms with Crippen molar-refractivity contribution < 1.29 is 0 Å². The average Bonchev–Trinajstić information content (AvgIpc) is 3.31. The number of rotatable bonds is 9. The lowest BCUT2D eigenvalue weighted by atomic mass is 9.85. The molecule has 5 rings (SSSR count). The van der Waals surface area contributed by atoms with Crippen molar-refractivity contribution in [3.63, 3.8) is 0 Å². The molecule has 1 aliphatic rings. The second-order valence-electron chi connectivity index (χ2n) is 13.5. The quantitative estimate of drug-likeness (QED) is 0.173. The van der Waals surface area contributed by atoms with E-state index in [4.69, 9.17) is 0 Å². The first kappa shape index (κ1) is 28.3. The average molecular weight is 581 g/mol.